The first-order valence-corrected chi connectivity index (χ1v) is 7.96. The second kappa shape index (κ2) is 8.06. The maximum atomic E-state index is 12.8. The fourth-order valence-electron chi connectivity index (χ4n) is 1.78. The SMILES string of the molecule is COc1ccc(Cl)cc1NC(=O)CCSc1ccc(F)cc1. The lowest BCUT2D eigenvalue weighted by Crippen LogP contribution is -2.13. The number of hydrogen-bond acceptors (Lipinski definition) is 3. The van der Waals surface area contributed by atoms with E-state index in [4.69, 9.17) is 16.3 Å². The number of nitrogens with one attached hydrogen (secondary N) is 1. The van der Waals surface area contributed by atoms with E-state index < -0.39 is 0 Å². The molecule has 2 aromatic rings. The lowest BCUT2D eigenvalue weighted by atomic mass is 10.3. The van der Waals surface area contributed by atoms with Gasteiger partial charge in [-0.05, 0) is 42.5 Å². The van der Waals surface area contributed by atoms with Gasteiger partial charge in [-0.2, -0.15) is 0 Å². The zero-order valence-electron chi connectivity index (χ0n) is 11.9. The van der Waals surface area contributed by atoms with E-state index >= 15 is 0 Å². The summed E-state index contributed by atoms with van der Waals surface area (Å²) in [5.74, 6) is 0.759. The Morgan fingerprint density at radius 1 is 1.27 bits per heavy atom. The number of halogens is 2. The number of thioether (sulfide) groups is 1. The molecule has 0 fully saturated rings. The molecule has 0 atom stereocenters. The minimum atomic E-state index is -0.268. The Hall–Kier alpha value is -1.72. The van der Waals surface area contributed by atoms with E-state index in [-0.39, 0.29) is 11.7 Å². The van der Waals surface area contributed by atoms with Crippen LogP contribution in [0.1, 0.15) is 6.42 Å². The van der Waals surface area contributed by atoms with Gasteiger partial charge in [-0.3, -0.25) is 4.79 Å². The molecule has 116 valence electrons. The highest BCUT2D eigenvalue weighted by Gasteiger charge is 2.08. The summed E-state index contributed by atoms with van der Waals surface area (Å²) in [6, 6.07) is 11.2. The highest BCUT2D eigenvalue weighted by Crippen LogP contribution is 2.28. The summed E-state index contributed by atoms with van der Waals surface area (Å²) in [6.07, 6.45) is 0.331. The third-order valence-electron chi connectivity index (χ3n) is 2.85. The Labute approximate surface area is 137 Å². The molecule has 0 spiro atoms. The molecular weight excluding hydrogens is 325 g/mol. The van der Waals surface area contributed by atoms with Crippen molar-refractivity contribution in [2.24, 2.45) is 0 Å². The molecule has 0 bridgehead atoms. The lowest BCUT2D eigenvalue weighted by molar-refractivity contribution is -0.115. The van der Waals surface area contributed by atoms with E-state index in [0.29, 0.717) is 28.6 Å². The van der Waals surface area contributed by atoms with Crippen LogP contribution in [-0.2, 0) is 4.79 Å². The standard InChI is InChI=1S/C16H15ClFNO2S/c1-21-15-7-2-11(17)10-14(15)19-16(20)8-9-22-13-5-3-12(18)4-6-13/h2-7,10H,8-9H2,1H3,(H,19,20). The van der Waals surface area contributed by atoms with Crippen LogP contribution in [0.3, 0.4) is 0 Å². The number of carbonyl (C=O) groups is 1. The van der Waals surface area contributed by atoms with Crippen LogP contribution in [0, 0.1) is 5.82 Å². The molecule has 0 aliphatic rings. The molecule has 1 amide bonds. The van der Waals surface area contributed by atoms with Gasteiger partial charge in [0.25, 0.3) is 0 Å². The largest absolute Gasteiger partial charge is 0.495 e. The van der Waals surface area contributed by atoms with Gasteiger partial charge in [0.1, 0.15) is 11.6 Å². The second-order valence-electron chi connectivity index (χ2n) is 4.45. The maximum Gasteiger partial charge on any atom is 0.225 e. The summed E-state index contributed by atoms with van der Waals surface area (Å²) >= 11 is 7.41. The Morgan fingerprint density at radius 2 is 2.00 bits per heavy atom. The van der Waals surface area contributed by atoms with Crippen LogP contribution in [0.25, 0.3) is 0 Å². The topological polar surface area (TPSA) is 38.3 Å². The zero-order valence-corrected chi connectivity index (χ0v) is 13.5. The summed E-state index contributed by atoms with van der Waals surface area (Å²) in [5, 5.41) is 3.30. The van der Waals surface area contributed by atoms with E-state index in [2.05, 4.69) is 5.32 Å². The van der Waals surface area contributed by atoms with E-state index in [9.17, 15) is 9.18 Å². The van der Waals surface area contributed by atoms with Crippen LogP contribution in [0.5, 0.6) is 5.75 Å². The molecule has 2 rings (SSSR count). The van der Waals surface area contributed by atoms with Crippen molar-refractivity contribution in [2.75, 3.05) is 18.2 Å². The van der Waals surface area contributed by atoms with Crippen molar-refractivity contribution in [3.05, 3.63) is 53.3 Å². The minimum absolute atomic E-state index is 0.129. The maximum absolute atomic E-state index is 12.8. The Kier molecular flexibility index (Phi) is 6.10. The van der Waals surface area contributed by atoms with Crippen molar-refractivity contribution in [1.29, 1.82) is 0 Å². The molecular formula is C16H15ClFNO2S. The molecule has 0 aliphatic carbocycles. The van der Waals surface area contributed by atoms with Crippen LogP contribution in [-0.4, -0.2) is 18.8 Å². The fraction of sp³-hybridized carbons (Fsp3) is 0.188. The van der Waals surface area contributed by atoms with Gasteiger partial charge in [-0.1, -0.05) is 11.6 Å². The number of benzene rings is 2. The van der Waals surface area contributed by atoms with Crippen LogP contribution in [0.15, 0.2) is 47.4 Å². The van der Waals surface area contributed by atoms with Crippen molar-refractivity contribution >= 4 is 35.0 Å². The predicted molar refractivity (Wildman–Crippen MR) is 88.4 cm³/mol. The van der Waals surface area contributed by atoms with Crippen molar-refractivity contribution in [3.8, 4) is 5.75 Å². The zero-order chi connectivity index (χ0) is 15.9. The summed E-state index contributed by atoms with van der Waals surface area (Å²) in [4.78, 5) is 12.9. The Morgan fingerprint density at radius 3 is 2.68 bits per heavy atom. The van der Waals surface area contributed by atoms with Crippen molar-refractivity contribution in [1.82, 2.24) is 0 Å². The van der Waals surface area contributed by atoms with Gasteiger partial charge in [0, 0.05) is 22.1 Å². The molecule has 0 radical (unpaired) electrons. The van der Waals surface area contributed by atoms with Crippen molar-refractivity contribution in [2.45, 2.75) is 11.3 Å². The quantitative estimate of drug-likeness (QED) is 0.781. The van der Waals surface area contributed by atoms with Crippen LogP contribution >= 0.6 is 23.4 Å². The highest BCUT2D eigenvalue weighted by atomic mass is 35.5. The Balaban J connectivity index is 1.85. The van der Waals surface area contributed by atoms with E-state index in [1.807, 2.05) is 0 Å². The number of anilines is 1. The smallest absolute Gasteiger partial charge is 0.225 e. The molecule has 0 aromatic heterocycles. The van der Waals surface area contributed by atoms with Gasteiger partial charge in [0.2, 0.25) is 5.91 Å². The summed E-state index contributed by atoms with van der Waals surface area (Å²) in [5.41, 5.74) is 0.548. The summed E-state index contributed by atoms with van der Waals surface area (Å²) in [6.45, 7) is 0. The van der Waals surface area contributed by atoms with Gasteiger partial charge in [-0.15, -0.1) is 11.8 Å². The molecule has 0 aliphatic heterocycles. The van der Waals surface area contributed by atoms with E-state index in [1.54, 1.807) is 30.3 Å². The normalized spacial score (nSPS) is 10.3. The molecule has 0 saturated heterocycles. The number of carbonyl (C=O) groups excluding carboxylic acids is 1. The van der Waals surface area contributed by atoms with Gasteiger partial charge in [0.15, 0.2) is 0 Å². The molecule has 6 heteroatoms. The third-order valence-corrected chi connectivity index (χ3v) is 4.10. The number of amides is 1. The molecule has 0 unspecified atom stereocenters. The first kappa shape index (κ1) is 16.6. The molecule has 1 N–H and O–H groups in total. The average Bonchev–Trinajstić information content (AvgIpc) is 2.49. The predicted octanol–water partition coefficient (Wildman–Crippen LogP) is 4.61. The molecule has 0 heterocycles. The second-order valence-corrected chi connectivity index (χ2v) is 6.05. The summed E-state index contributed by atoms with van der Waals surface area (Å²) in [7, 11) is 1.53. The van der Waals surface area contributed by atoms with Crippen LogP contribution in [0.4, 0.5) is 10.1 Å². The first-order chi connectivity index (χ1) is 10.6. The number of methoxy groups -OCH3 is 1. The fourth-order valence-corrected chi connectivity index (χ4v) is 2.81. The van der Waals surface area contributed by atoms with Gasteiger partial charge in [-0.25, -0.2) is 4.39 Å². The highest BCUT2D eigenvalue weighted by molar-refractivity contribution is 7.99. The van der Waals surface area contributed by atoms with Crippen LogP contribution < -0.4 is 10.1 Å². The molecule has 3 nitrogen and oxygen atoms in total. The van der Waals surface area contributed by atoms with E-state index in [0.717, 1.165) is 4.90 Å². The van der Waals surface area contributed by atoms with Crippen LogP contribution in [0.2, 0.25) is 5.02 Å². The van der Waals surface area contributed by atoms with Gasteiger partial charge < -0.3 is 10.1 Å². The summed E-state index contributed by atoms with van der Waals surface area (Å²) < 4.78 is 18.0. The number of rotatable bonds is 6. The van der Waals surface area contributed by atoms with Crippen molar-refractivity contribution in [3.63, 3.8) is 0 Å². The molecule has 0 saturated carbocycles. The molecule has 22 heavy (non-hydrogen) atoms. The number of hydrogen-bond donors (Lipinski definition) is 1. The first-order valence-electron chi connectivity index (χ1n) is 6.60. The average molecular weight is 340 g/mol. The minimum Gasteiger partial charge on any atom is -0.495 e. The van der Waals surface area contributed by atoms with Crippen molar-refractivity contribution < 1.29 is 13.9 Å². The van der Waals surface area contributed by atoms with Gasteiger partial charge in [0.05, 0.1) is 12.8 Å². The monoisotopic (exact) mass is 339 g/mol. The number of ether oxygens (including phenoxy) is 1. The third kappa shape index (κ3) is 4.93. The van der Waals surface area contributed by atoms with Gasteiger partial charge >= 0.3 is 0 Å². The molecule has 2 aromatic carbocycles. The lowest BCUT2D eigenvalue weighted by Gasteiger charge is -2.10. The van der Waals surface area contributed by atoms with E-state index in [1.165, 1.54) is 31.0 Å². The Bertz CT molecular complexity index is 649.